The number of benzene rings is 1. The van der Waals surface area contributed by atoms with Gasteiger partial charge in [-0.1, -0.05) is 36.5 Å². The molecule has 0 saturated heterocycles. The Bertz CT molecular complexity index is 994. The molecule has 166 valence electrons. The van der Waals surface area contributed by atoms with Crippen molar-refractivity contribution < 1.29 is 14.3 Å². The Hall–Kier alpha value is -1.92. The number of carbonyl (C=O) groups is 1. The van der Waals surface area contributed by atoms with Crippen molar-refractivity contribution in [3.05, 3.63) is 32.5 Å². The predicted molar refractivity (Wildman–Crippen MR) is 124 cm³/mol. The van der Waals surface area contributed by atoms with E-state index in [1.54, 1.807) is 40.0 Å². The van der Waals surface area contributed by atoms with E-state index in [2.05, 4.69) is 6.92 Å². The number of unbranched alkanes of at least 4 members (excludes halogenated alkanes) is 1. The molecule has 0 unspecified atom stereocenters. The fourth-order valence-electron chi connectivity index (χ4n) is 3.04. The summed E-state index contributed by atoms with van der Waals surface area (Å²) in [5.41, 5.74) is -0.975. The third-order valence-corrected chi connectivity index (χ3v) is 5.15. The monoisotopic (exact) mass is 456 g/mol. The van der Waals surface area contributed by atoms with Crippen LogP contribution in [0, 0.1) is 0 Å². The molecule has 1 amide bonds. The molecule has 0 aliphatic rings. The summed E-state index contributed by atoms with van der Waals surface area (Å²) in [6.45, 7) is 11.6. The Morgan fingerprint density at radius 2 is 1.73 bits per heavy atom. The van der Waals surface area contributed by atoms with E-state index in [0.29, 0.717) is 34.0 Å². The van der Waals surface area contributed by atoms with Gasteiger partial charge in [-0.3, -0.25) is 14.3 Å². The van der Waals surface area contributed by atoms with Crippen molar-refractivity contribution in [2.75, 3.05) is 18.6 Å². The van der Waals surface area contributed by atoms with Crippen molar-refractivity contribution in [1.82, 2.24) is 4.57 Å². The number of halogens is 2. The maximum Gasteiger partial charge on any atom is 0.415 e. The Kier molecular flexibility index (Phi) is 7.69. The summed E-state index contributed by atoms with van der Waals surface area (Å²) in [4.78, 5) is 27.6. The number of amides is 1. The van der Waals surface area contributed by atoms with Crippen molar-refractivity contribution in [3.8, 4) is 5.75 Å². The molecule has 0 aliphatic carbocycles. The minimum Gasteiger partial charge on any atom is -0.489 e. The van der Waals surface area contributed by atoms with Crippen LogP contribution in [0.15, 0.2) is 16.9 Å². The van der Waals surface area contributed by atoms with E-state index in [1.165, 1.54) is 9.47 Å². The van der Waals surface area contributed by atoms with E-state index in [0.717, 1.165) is 12.8 Å². The second-order valence-electron chi connectivity index (χ2n) is 8.47. The lowest BCUT2D eigenvalue weighted by molar-refractivity contribution is 0.0585. The Morgan fingerprint density at radius 1 is 1.17 bits per heavy atom. The fourth-order valence-corrected chi connectivity index (χ4v) is 3.37. The molecule has 1 aromatic carbocycles. The molecule has 0 N–H and O–H groups in total. The number of nitrogens with zero attached hydrogens (tertiary/aromatic N) is 2. The van der Waals surface area contributed by atoms with E-state index in [9.17, 15) is 9.59 Å². The zero-order valence-electron chi connectivity index (χ0n) is 18.6. The highest BCUT2D eigenvalue weighted by Gasteiger charge is 2.29. The Labute approximate surface area is 187 Å². The number of aromatic nitrogens is 1. The Morgan fingerprint density at radius 3 is 2.23 bits per heavy atom. The van der Waals surface area contributed by atoms with Crippen LogP contribution in [0.5, 0.6) is 5.75 Å². The molecule has 1 heterocycles. The molecule has 8 heteroatoms. The summed E-state index contributed by atoms with van der Waals surface area (Å²) in [5, 5.41) is 1.47. The normalized spacial score (nSPS) is 11.8. The van der Waals surface area contributed by atoms with Gasteiger partial charge >= 0.3 is 6.09 Å². The van der Waals surface area contributed by atoms with E-state index >= 15 is 0 Å². The number of ether oxygens (including phenoxy) is 2. The highest BCUT2D eigenvalue weighted by Crippen LogP contribution is 2.39. The van der Waals surface area contributed by atoms with Gasteiger partial charge in [0.2, 0.25) is 0 Å². The molecule has 0 fully saturated rings. The van der Waals surface area contributed by atoms with Crippen LogP contribution in [0.1, 0.15) is 60.4 Å². The second-order valence-corrected chi connectivity index (χ2v) is 9.29. The van der Waals surface area contributed by atoms with E-state index in [-0.39, 0.29) is 16.6 Å². The van der Waals surface area contributed by atoms with Gasteiger partial charge in [-0.2, -0.15) is 0 Å². The highest BCUT2D eigenvalue weighted by atomic mass is 35.5. The van der Waals surface area contributed by atoms with Gasteiger partial charge in [-0.15, -0.1) is 0 Å². The summed E-state index contributed by atoms with van der Waals surface area (Å²) in [6, 6.07) is 2.91. The topological polar surface area (TPSA) is 60.8 Å². The molecule has 2 aromatic rings. The van der Waals surface area contributed by atoms with Crippen molar-refractivity contribution in [3.63, 3.8) is 0 Å². The van der Waals surface area contributed by atoms with Gasteiger partial charge < -0.3 is 9.47 Å². The number of rotatable bonds is 6. The molecular weight excluding hydrogens is 427 g/mol. The zero-order chi connectivity index (χ0) is 22.8. The van der Waals surface area contributed by atoms with Gasteiger partial charge in [-0.25, -0.2) is 4.79 Å². The summed E-state index contributed by atoms with van der Waals surface area (Å²) in [6.07, 6.45) is 1.17. The first-order valence-corrected chi connectivity index (χ1v) is 10.8. The number of hydrogen-bond donors (Lipinski definition) is 0. The standard InChI is InChI=1S/C22H30Cl2N2O4/c1-8-9-10-29-18-14-11-16(23)17(24)12-15(14)20(27)26(13(2)3)19(18)25(7)21(28)30-22(4,5)6/h11-13H,8-10H2,1-7H3. The Balaban J connectivity index is 2.86. The van der Waals surface area contributed by atoms with Crippen LogP contribution in [0.2, 0.25) is 10.0 Å². The maximum atomic E-state index is 13.4. The lowest BCUT2D eigenvalue weighted by Gasteiger charge is -2.29. The molecule has 2 rings (SSSR count). The summed E-state index contributed by atoms with van der Waals surface area (Å²) < 4.78 is 13.2. The molecular formula is C22H30Cl2N2O4. The second kappa shape index (κ2) is 9.48. The first kappa shape index (κ1) is 24.4. The van der Waals surface area contributed by atoms with E-state index < -0.39 is 11.7 Å². The summed E-state index contributed by atoms with van der Waals surface area (Å²) in [5.74, 6) is 0.727. The van der Waals surface area contributed by atoms with Crippen LogP contribution in [-0.4, -0.2) is 29.9 Å². The lowest BCUT2D eigenvalue weighted by Crippen LogP contribution is -2.38. The third-order valence-electron chi connectivity index (χ3n) is 4.43. The van der Waals surface area contributed by atoms with Gasteiger partial charge in [0.05, 0.1) is 22.0 Å². The first-order valence-electron chi connectivity index (χ1n) is 10.1. The SMILES string of the molecule is CCCCOc1c(N(C)C(=O)OC(C)(C)C)n(C(C)C)c(=O)c2cc(Cl)c(Cl)cc12. The molecule has 1 aromatic heterocycles. The molecule has 0 spiro atoms. The average Bonchev–Trinajstić information content (AvgIpc) is 2.62. The zero-order valence-corrected chi connectivity index (χ0v) is 20.1. The first-order chi connectivity index (χ1) is 13.9. The van der Waals surface area contributed by atoms with Crippen molar-refractivity contribution in [2.45, 2.75) is 66.0 Å². The molecule has 0 bridgehead atoms. The van der Waals surface area contributed by atoms with Crippen molar-refractivity contribution in [1.29, 1.82) is 0 Å². The van der Waals surface area contributed by atoms with E-state index in [1.807, 2.05) is 13.8 Å². The molecule has 30 heavy (non-hydrogen) atoms. The minimum atomic E-state index is -0.689. The minimum absolute atomic E-state index is 0.246. The largest absolute Gasteiger partial charge is 0.489 e. The smallest absolute Gasteiger partial charge is 0.415 e. The number of pyridine rings is 1. The van der Waals surface area contributed by atoms with Gasteiger partial charge in [0.15, 0.2) is 11.6 Å². The van der Waals surface area contributed by atoms with Crippen LogP contribution >= 0.6 is 23.2 Å². The van der Waals surface area contributed by atoms with Crippen LogP contribution in [0.3, 0.4) is 0 Å². The number of fused-ring (bicyclic) bond motifs is 1. The quantitative estimate of drug-likeness (QED) is 0.469. The average molecular weight is 457 g/mol. The fraction of sp³-hybridized carbons (Fsp3) is 0.545. The van der Waals surface area contributed by atoms with Crippen LogP contribution < -0.4 is 15.2 Å². The summed E-state index contributed by atoms with van der Waals surface area (Å²) >= 11 is 12.4. The maximum absolute atomic E-state index is 13.4. The predicted octanol–water partition coefficient (Wildman–Crippen LogP) is 6.44. The number of hydrogen-bond acceptors (Lipinski definition) is 4. The van der Waals surface area contributed by atoms with Crippen LogP contribution in [0.4, 0.5) is 10.6 Å². The molecule has 0 aliphatic heterocycles. The van der Waals surface area contributed by atoms with Gasteiger partial charge in [0.25, 0.3) is 5.56 Å². The van der Waals surface area contributed by atoms with E-state index in [4.69, 9.17) is 32.7 Å². The van der Waals surface area contributed by atoms with Gasteiger partial charge in [-0.05, 0) is 53.2 Å². The molecule has 6 nitrogen and oxygen atoms in total. The van der Waals surface area contributed by atoms with Crippen molar-refractivity contribution in [2.24, 2.45) is 0 Å². The van der Waals surface area contributed by atoms with Crippen LogP contribution in [-0.2, 0) is 4.74 Å². The molecule has 0 saturated carbocycles. The van der Waals surface area contributed by atoms with Crippen molar-refractivity contribution >= 4 is 45.9 Å². The van der Waals surface area contributed by atoms with Crippen LogP contribution in [0.25, 0.3) is 10.8 Å². The summed E-state index contributed by atoms with van der Waals surface area (Å²) in [7, 11) is 1.57. The number of anilines is 1. The van der Waals surface area contributed by atoms with Gasteiger partial charge in [0.1, 0.15) is 5.60 Å². The molecule has 0 atom stereocenters. The number of carbonyl (C=O) groups excluding carboxylic acids is 1. The third kappa shape index (κ3) is 5.22. The molecule has 0 radical (unpaired) electrons. The highest BCUT2D eigenvalue weighted by molar-refractivity contribution is 6.42. The lowest BCUT2D eigenvalue weighted by atomic mass is 10.1. The van der Waals surface area contributed by atoms with Gasteiger partial charge in [0, 0.05) is 18.5 Å².